The van der Waals surface area contributed by atoms with E-state index in [0.29, 0.717) is 12.1 Å². The van der Waals surface area contributed by atoms with Gasteiger partial charge in [-0.25, -0.2) is 9.59 Å². The van der Waals surface area contributed by atoms with Gasteiger partial charge in [0.25, 0.3) is 0 Å². The van der Waals surface area contributed by atoms with Gasteiger partial charge in [-0.05, 0) is 63.1 Å². The van der Waals surface area contributed by atoms with Crippen LogP contribution in [0.5, 0.6) is 0 Å². The Labute approximate surface area is 167 Å². The second kappa shape index (κ2) is 10.2. The van der Waals surface area contributed by atoms with Gasteiger partial charge in [0.1, 0.15) is 11.1 Å². The van der Waals surface area contributed by atoms with Crippen LogP contribution in [0.25, 0.3) is 0 Å². The zero-order valence-electron chi connectivity index (χ0n) is 15.9. The number of carboxylic acids is 2. The Hall–Kier alpha value is -2.44. The van der Waals surface area contributed by atoms with E-state index in [-0.39, 0.29) is 5.91 Å². The highest BCUT2D eigenvalue weighted by Gasteiger charge is 2.23. The van der Waals surface area contributed by atoms with Gasteiger partial charge < -0.3 is 15.5 Å². The number of rotatable bonds is 3. The van der Waals surface area contributed by atoms with E-state index >= 15 is 0 Å². The number of anilines is 1. The van der Waals surface area contributed by atoms with Gasteiger partial charge in [0, 0.05) is 4.88 Å². The quantitative estimate of drug-likeness (QED) is 0.655. The maximum Gasteiger partial charge on any atom is 0.414 e. The van der Waals surface area contributed by atoms with Crippen molar-refractivity contribution >= 4 is 34.2 Å². The summed E-state index contributed by atoms with van der Waals surface area (Å²) in [7, 11) is 0. The highest BCUT2D eigenvalue weighted by atomic mass is 32.1. The van der Waals surface area contributed by atoms with Crippen molar-refractivity contribution < 1.29 is 24.6 Å². The lowest BCUT2D eigenvalue weighted by Gasteiger charge is -2.29. The first-order valence-corrected chi connectivity index (χ1v) is 10.2. The van der Waals surface area contributed by atoms with Gasteiger partial charge in [0.2, 0.25) is 5.91 Å². The first kappa shape index (κ1) is 21.9. The molecule has 1 aliphatic heterocycles. The molecule has 3 N–H and O–H groups in total. The van der Waals surface area contributed by atoms with Gasteiger partial charge in [-0.15, -0.1) is 11.3 Å². The molecule has 1 aromatic heterocycles. The van der Waals surface area contributed by atoms with Crippen molar-refractivity contribution in [2.45, 2.75) is 45.4 Å². The topological polar surface area (TPSA) is 131 Å². The van der Waals surface area contributed by atoms with Crippen LogP contribution in [0.2, 0.25) is 0 Å². The Kier molecular flexibility index (Phi) is 7.96. The molecule has 0 spiro atoms. The predicted octanol–water partition coefficient (Wildman–Crippen LogP) is 2.32. The predicted molar refractivity (Wildman–Crippen MR) is 104 cm³/mol. The molecule has 2 heterocycles. The van der Waals surface area contributed by atoms with E-state index in [9.17, 15) is 10.1 Å². The molecule has 0 bridgehead atoms. The number of piperidine rings is 1. The zero-order valence-corrected chi connectivity index (χ0v) is 16.7. The van der Waals surface area contributed by atoms with Gasteiger partial charge in [0.15, 0.2) is 0 Å². The Morgan fingerprint density at radius 1 is 1.18 bits per heavy atom. The SMILES string of the molecule is CC1CCN(CC(=O)Nc2sc3c(c2C#N)CCCC3)CC1.O=C(O)C(=O)O. The molecule has 1 saturated heterocycles. The third kappa shape index (κ3) is 6.04. The molecular weight excluding hydrogens is 382 g/mol. The van der Waals surface area contributed by atoms with Gasteiger partial charge in [-0.2, -0.15) is 5.26 Å². The smallest absolute Gasteiger partial charge is 0.414 e. The van der Waals surface area contributed by atoms with Gasteiger partial charge in [-0.3, -0.25) is 9.69 Å². The third-order valence-electron chi connectivity index (χ3n) is 4.96. The number of nitriles is 1. The fourth-order valence-electron chi connectivity index (χ4n) is 3.36. The minimum atomic E-state index is -1.82. The van der Waals surface area contributed by atoms with Crippen LogP contribution in [-0.2, 0) is 27.2 Å². The van der Waals surface area contributed by atoms with Gasteiger partial charge in [0.05, 0.1) is 12.1 Å². The number of hydrogen-bond acceptors (Lipinski definition) is 6. The maximum absolute atomic E-state index is 12.3. The average molecular weight is 407 g/mol. The van der Waals surface area contributed by atoms with E-state index in [1.165, 1.54) is 29.7 Å². The number of carbonyl (C=O) groups excluding carboxylic acids is 1. The highest BCUT2D eigenvalue weighted by molar-refractivity contribution is 7.16. The number of carboxylic acid groups (broad SMARTS) is 2. The lowest BCUT2D eigenvalue weighted by atomic mass is 9.96. The van der Waals surface area contributed by atoms with Gasteiger partial charge in [-0.1, -0.05) is 6.92 Å². The number of nitrogens with one attached hydrogen (secondary N) is 1. The highest BCUT2D eigenvalue weighted by Crippen LogP contribution is 2.37. The van der Waals surface area contributed by atoms with Crippen molar-refractivity contribution in [3.63, 3.8) is 0 Å². The van der Waals surface area contributed by atoms with E-state index in [4.69, 9.17) is 19.8 Å². The molecule has 0 saturated carbocycles. The summed E-state index contributed by atoms with van der Waals surface area (Å²) in [6.07, 6.45) is 6.71. The summed E-state index contributed by atoms with van der Waals surface area (Å²) in [5, 5.41) is 28.0. The lowest BCUT2D eigenvalue weighted by Crippen LogP contribution is -2.38. The molecule has 9 heteroatoms. The molecule has 8 nitrogen and oxygen atoms in total. The summed E-state index contributed by atoms with van der Waals surface area (Å²) in [4.78, 5) is 34.0. The standard InChI is InChI=1S/C17H23N3OS.C2H2O4/c1-12-6-8-20(9-7-12)11-16(21)19-17-14(10-18)13-4-2-3-5-15(13)22-17;3-1(4)2(5)6/h12H,2-9,11H2,1H3,(H,19,21);(H,3,4)(H,5,6). The zero-order chi connectivity index (χ0) is 20.7. The van der Waals surface area contributed by atoms with Gasteiger partial charge >= 0.3 is 11.9 Å². The summed E-state index contributed by atoms with van der Waals surface area (Å²) >= 11 is 1.60. The van der Waals surface area contributed by atoms with Crippen LogP contribution in [0.3, 0.4) is 0 Å². The monoisotopic (exact) mass is 407 g/mol. The molecule has 0 atom stereocenters. The minimum Gasteiger partial charge on any atom is -0.473 e. The number of nitrogens with zero attached hydrogens (tertiary/aromatic N) is 2. The van der Waals surface area contributed by atoms with E-state index in [1.807, 2.05) is 0 Å². The molecule has 1 aliphatic carbocycles. The van der Waals surface area contributed by atoms with E-state index in [2.05, 4.69) is 23.2 Å². The number of aryl methyl sites for hydroxylation is 1. The fraction of sp³-hybridized carbons (Fsp3) is 0.579. The number of fused-ring (bicyclic) bond motifs is 1. The summed E-state index contributed by atoms with van der Waals surface area (Å²) in [5.74, 6) is -2.86. The number of aliphatic carboxylic acids is 2. The number of carbonyl (C=O) groups is 3. The second-order valence-corrected chi connectivity index (χ2v) is 8.25. The van der Waals surface area contributed by atoms with Crippen molar-refractivity contribution in [3.8, 4) is 6.07 Å². The van der Waals surface area contributed by atoms with Crippen molar-refractivity contribution in [3.05, 3.63) is 16.0 Å². The van der Waals surface area contributed by atoms with Crippen molar-refractivity contribution in [1.82, 2.24) is 4.90 Å². The Bertz CT molecular complexity index is 763. The van der Waals surface area contributed by atoms with Crippen LogP contribution < -0.4 is 5.32 Å². The molecular formula is C19H25N3O5S. The molecule has 1 amide bonds. The van der Waals surface area contributed by atoms with Crippen molar-refractivity contribution in [2.24, 2.45) is 5.92 Å². The molecule has 0 radical (unpaired) electrons. The largest absolute Gasteiger partial charge is 0.473 e. The number of thiophene rings is 1. The van der Waals surface area contributed by atoms with Crippen LogP contribution in [0.15, 0.2) is 0 Å². The summed E-state index contributed by atoms with van der Waals surface area (Å²) in [6, 6.07) is 2.30. The molecule has 0 aromatic carbocycles. The maximum atomic E-state index is 12.3. The van der Waals surface area contributed by atoms with Crippen molar-refractivity contribution in [2.75, 3.05) is 25.0 Å². The summed E-state index contributed by atoms with van der Waals surface area (Å²) in [5.41, 5.74) is 1.89. The van der Waals surface area contributed by atoms with Crippen LogP contribution >= 0.6 is 11.3 Å². The molecule has 28 heavy (non-hydrogen) atoms. The molecule has 2 aliphatic rings. The van der Waals surface area contributed by atoms with Crippen LogP contribution in [-0.4, -0.2) is 52.6 Å². The van der Waals surface area contributed by atoms with Crippen LogP contribution in [0, 0.1) is 17.2 Å². The Morgan fingerprint density at radius 3 is 2.36 bits per heavy atom. The second-order valence-electron chi connectivity index (χ2n) is 7.14. The summed E-state index contributed by atoms with van der Waals surface area (Å²) in [6.45, 7) is 4.72. The first-order chi connectivity index (χ1) is 13.3. The van der Waals surface area contributed by atoms with E-state index < -0.39 is 11.9 Å². The Morgan fingerprint density at radius 2 is 1.79 bits per heavy atom. The molecule has 152 valence electrons. The van der Waals surface area contributed by atoms with Crippen LogP contribution in [0.1, 0.15) is 48.6 Å². The number of likely N-dealkylation sites (tertiary alicyclic amines) is 1. The number of amides is 1. The van der Waals surface area contributed by atoms with Crippen LogP contribution in [0.4, 0.5) is 5.00 Å². The molecule has 1 fully saturated rings. The Balaban J connectivity index is 0.000000409. The third-order valence-corrected chi connectivity index (χ3v) is 6.17. The molecule has 0 unspecified atom stereocenters. The average Bonchev–Trinajstić information content (AvgIpc) is 3.00. The lowest BCUT2D eigenvalue weighted by molar-refractivity contribution is -0.159. The first-order valence-electron chi connectivity index (χ1n) is 9.34. The van der Waals surface area contributed by atoms with Crippen molar-refractivity contribution in [1.29, 1.82) is 5.26 Å². The normalized spacial score (nSPS) is 16.9. The minimum absolute atomic E-state index is 0.0182. The number of hydrogen-bond donors (Lipinski definition) is 3. The van der Waals surface area contributed by atoms with E-state index in [0.717, 1.165) is 43.3 Å². The summed E-state index contributed by atoms with van der Waals surface area (Å²) < 4.78 is 0. The molecule has 3 rings (SSSR count). The fourth-order valence-corrected chi connectivity index (χ4v) is 4.62. The van der Waals surface area contributed by atoms with E-state index in [1.54, 1.807) is 11.3 Å². The molecule has 1 aromatic rings.